The third-order valence-corrected chi connectivity index (χ3v) is 3.26. The van der Waals surface area contributed by atoms with Crippen LogP contribution in [0.2, 0.25) is 0 Å². The van der Waals surface area contributed by atoms with E-state index in [1.165, 1.54) is 5.56 Å². The van der Waals surface area contributed by atoms with Crippen molar-refractivity contribution in [3.63, 3.8) is 0 Å². The Kier molecular flexibility index (Phi) is 3.78. The molecule has 1 saturated heterocycles. The number of ether oxygens (including phenoxy) is 1. The van der Waals surface area contributed by atoms with Gasteiger partial charge in [-0.2, -0.15) is 0 Å². The monoisotopic (exact) mass is 269 g/mol. The van der Waals surface area contributed by atoms with Crippen LogP contribution in [0, 0.1) is 0 Å². The maximum Gasteiger partial charge on any atom is 0.0643 e. The Morgan fingerprint density at radius 1 is 1.53 bits per heavy atom. The fourth-order valence-corrected chi connectivity index (χ4v) is 2.04. The summed E-state index contributed by atoms with van der Waals surface area (Å²) in [6.07, 6.45) is 0. The molecule has 1 aromatic rings. The molecule has 0 aliphatic carbocycles. The molecule has 0 amide bonds. The van der Waals surface area contributed by atoms with E-state index in [2.05, 4.69) is 52.4 Å². The van der Waals surface area contributed by atoms with Gasteiger partial charge < -0.3 is 10.1 Å². The third-order valence-electron chi connectivity index (χ3n) is 2.77. The van der Waals surface area contributed by atoms with E-state index in [1.54, 1.807) is 0 Å². The van der Waals surface area contributed by atoms with E-state index in [-0.39, 0.29) is 0 Å². The summed E-state index contributed by atoms with van der Waals surface area (Å²) >= 11 is 3.49. The summed E-state index contributed by atoms with van der Waals surface area (Å²) in [4.78, 5) is 0. The van der Waals surface area contributed by atoms with E-state index >= 15 is 0 Å². The Labute approximate surface area is 99.1 Å². The number of benzene rings is 1. The summed E-state index contributed by atoms with van der Waals surface area (Å²) in [5, 5.41) is 3.50. The van der Waals surface area contributed by atoms with Crippen molar-refractivity contribution < 1.29 is 4.74 Å². The molecule has 0 saturated carbocycles. The van der Waals surface area contributed by atoms with Crippen LogP contribution < -0.4 is 5.32 Å². The van der Waals surface area contributed by atoms with Crippen molar-refractivity contribution in [1.29, 1.82) is 0 Å². The van der Waals surface area contributed by atoms with E-state index in [0.29, 0.717) is 12.0 Å². The van der Waals surface area contributed by atoms with Crippen LogP contribution in [0.15, 0.2) is 28.7 Å². The second-order valence-corrected chi connectivity index (χ2v) is 5.01. The first-order valence-electron chi connectivity index (χ1n) is 5.32. The van der Waals surface area contributed by atoms with Gasteiger partial charge in [0.1, 0.15) is 0 Å². The second kappa shape index (κ2) is 5.10. The molecular weight excluding hydrogens is 254 g/mol. The summed E-state index contributed by atoms with van der Waals surface area (Å²) in [7, 11) is 0. The minimum absolute atomic E-state index is 0.545. The topological polar surface area (TPSA) is 21.3 Å². The third kappa shape index (κ3) is 3.03. The van der Waals surface area contributed by atoms with E-state index in [0.717, 1.165) is 24.2 Å². The molecule has 1 unspecified atom stereocenters. The fourth-order valence-electron chi connectivity index (χ4n) is 1.63. The van der Waals surface area contributed by atoms with Crippen molar-refractivity contribution in [2.24, 2.45) is 0 Å². The van der Waals surface area contributed by atoms with Gasteiger partial charge in [-0.25, -0.2) is 0 Å². The summed E-state index contributed by atoms with van der Waals surface area (Å²) in [5.41, 5.74) is 1.37. The van der Waals surface area contributed by atoms with Crippen LogP contribution >= 0.6 is 15.9 Å². The molecule has 0 spiro atoms. The lowest BCUT2D eigenvalue weighted by Gasteiger charge is -2.28. The van der Waals surface area contributed by atoms with Gasteiger partial charge in [-0.15, -0.1) is 0 Å². The summed E-state index contributed by atoms with van der Waals surface area (Å²) in [6.45, 7) is 5.00. The molecule has 15 heavy (non-hydrogen) atoms. The summed E-state index contributed by atoms with van der Waals surface area (Å²) in [5.74, 6) is 0.545. The van der Waals surface area contributed by atoms with Crippen LogP contribution in [-0.2, 0) is 4.74 Å². The van der Waals surface area contributed by atoms with Gasteiger partial charge in [-0.05, 0) is 23.6 Å². The Morgan fingerprint density at radius 3 is 2.93 bits per heavy atom. The van der Waals surface area contributed by atoms with Gasteiger partial charge in [0, 0.05) is 11.0 Å². The smallest absolute Gasteiger partial charge is 0.0643 e. The average Bonchev–Trinajstić information content (AvgIpc) is 2.15. The molecule has 0 aromatic heterocycles. The standard InChI is InChI=1S/C12H16BrNO/c1-9(6-14-12-7-15-8-12)10-3-2-4-11(13)5-10/h2-5,9,12,14H,6-8H2,1H3. The highest BCUT2D eigenvalue weighted by Gasteiger charge is 2.18. The van der Waals surface area contributed by atoms with E-state index in [1.807, 2.05) is 0 Å². The van der Waals surface area contributed by atoms with Crippen LogP contribution in [0.25, 0.3) is 0 Å². The van der Waals surface area contributed by atoms with Gasteiger partial charge in [0.2, 0.25) is 0 Å². The van der Waals surface area contributed by atoms with Gasteiger partial charge in [-0.1, -0.05) is 35.0 Å². The number of rotatable bonds is 4. The lowest BCUT2D eigenvalue weighted by Crippen LogP contribution is -2.47. The Bertz CT molecular complexity index is 325. The zero-order valence-electron chi connectivity index (χ0n) is 8.87. The molecule has 1 aliphatic heterocycles. The first-order chi connectivity index (χ1) is 7.25. The molecular formula is C12H16BrNO. The first-order valence-corrected chi connectivity index (χ1v) is 6.11. The number of hydrogen-bond acceptors (Lipinski definition) is 2. The maximum atomic E-state index is 5.12. The zero-order valence-corrected chi connectivity index (χ0v) is 10.5. The molecule has 1 aliphatic rings. The SMILES string of the molecule is CC(CNC1COC1)c1cccc(Br)c1. The van der Waals surface area contributed by atoms with Gasteiger partial charge in [0.25, 0.3) is 0 Å². The van der Waals surface area contributed by atoms with Gasteiger partial charge >= 0.3 is 0 Å². The van der Waals surface area contributed by atoms with E-state index < -0.39 is 0 Å². The van der Waals surface area contributed by atoms with E-state index in [4.69, 9.17) is 4.74 Å². The molecule has 3 heteroatoms. The Balaban J connectivity index is 1.86. The highest BCUT2D eigenvalue weighted by Crippen LogP contribution is 2.19. The number of hydrogen-bond donors (Lipinski definition) is 1. The molecule has 2 rings (SSSR count). The lowest BCUT2D eigenvalue weighted by molar-refractivity contribution is -0.00530. The highest BCUT2D eigenvalue weighted by atomic mass is 79.9. The molecule has 1 fully saturated rings. The Hall–Kier alpha value is -0.380. The lowest BCUT2D eigenvalue weighted by atomic mass is 10.0. The van der Waals surface area contributed by atoms with Gasteiger partial charge in [-0.3, -0.25) is 0 Å². The van der Waals surface area contributed by atoms with Crippen molar-refractivity contribution in [2.45, 2.75) is 18.9 Å². The molecule has 1 aromatic carbocycles. The molecule has 0 bridgehead atoms. The van der Waals surface area contributed by atoms with Crippen molar-refractivity contribution >= 4 is 15.9 Å². The molecule has 1 N–H and O–H groups in total. The predicted molar refractivity (Wildman–Crippen MR) is 65.2 cm³/mol. The van der Waals surface area contributed by atoms with Crippen LogP contribution in [0.4, 0.5) is 0 Å². The largest absolute Gasteiger partial charge is 0.378 e. The van der Waals surface area contributed by atoms with Crippen LogP contribution in [0.5, 0.6) is 0 Å². The van der Waals surface area contributed by atoms with Crippen LogP contribution in [0.1, 0.15) is 18.4 Å². The van der Waals surface area contributed by atoms with Crippen molar-refractivity contribution in [1.82, 2.24) is 5.32 Å². The van der Waals surface area contributed by atoms with Gasteiger partial charge in [0.15, 0.2) is 0 Å². The minimum Gasteiger partial charge on any atom is -0.378 e. The fraction of sp³-hybridized carbons (Fsp3) is 0.500. The zero-order chi connectivity index (χ0) is 10.7. The average molecular weight is 270 g/mol. The first kappa shape index (κ1) is 11.1. The molecule has 2 nitrogen and oxygen atoms in total. The minimum atomic E-state index is 0.545. The molecule has 1 atom stereocenters. The molecule has 0 radical (unpaired) electrons. The van der Waals surface area contributed by atoms with Crippen molar-refractivity contribution in [2.75, 3.05) is 19.8 Å². The predicted octanol–water partition coefficient (Wildman–Crippen LogP) is 2.54. The van der Waals surface area contributed by atoms with Gasteiger partial charge in [0.05, 0.1) is 19.3 Å². The highest BCUT2D eigenvalue weighted by molar-refractivity contribution is 9.10. The van der Waals surface area contributed by atoms with Crippen LogP contribution in [-0.4, -0.2) is 25.8 Å². The van der Waals surface area contributed by atoms with Crippen molar-refractivity contribution in [3.8, 4) is 0 Å². The molecule has 82 valence electrons. The molecule has 1 heterocycles. The normalized spacial score (nSPS) is 18.5. The second-order valence-electron chi connectivity index (χ2n) is 4.10. The summed E-state index contributed by atoms with van der Waals surface area (Å²) in [6, 6.07) is 9.07. The van der Waals surface area contributed by atoms with Crippen molar-refractivity contribution in [3.05, 3.63) is 34.3 Å². The number of halogens is 1. The maximum absolute atomic E-state index is 5.12. The van der Waals surface area contributed by atoms with Crippen LogP contribution in [0.3, 0.4) is 0 Å². The number of nitrogens with one attached hydrogen (secondary N) is 1. The van der Waals surface area contributed by atoms with E-state index in [9.17, 15) is 0 Å². The Morgan fingerprint density at radius 2 is 2.33 bits per heavy atom. The quantitative estimate of drug-likeness (QED) is 0.907. The summed E-state index contributed by atoms with van der Waals surface area (Å²) < 4.78 is 6.27.